The SMILES string of the molecule is CCCC(CNC(C)C)OC1CCC1. The summed E-state index contributed by atoms with van der Waals surface area (Å²) in [5.41, 5.74) is 0. The van der Waals surface area contributed by atoms with Crippen molar-refractivity contribution in [2.45, 2.75) is 71.1 Å². The number of hydrogen-bond acceptors (Lipinski definition) is 2. The molecule has 1 aliphatic carbocycles. The van der Waals surface area contributed by atoms with E-state index in [1.807, 2.05) is 0 Å². The van der Waals surface area contributed by atoms with Gasteiger partial charge in [-0.3, -0.25) is 0 Å². The summed E-state index contributed by atoms with van der Waals surface area (Å²) < 4.78 is 6.01. The molecule has 1 N–H and O–H groups in total. The minimum Gasteiger partial charge on any atom is -0.374 e. The lowest BCUT2D eigenvalue weighted by atomic mass is 9.96. The van der Waals surface area contributed by atoms with Gasteiger partial charge in [-0.15, -0.1) is 0 Å². The normalized spacial score (nSPS) is 19.7. The molecular formula is C12H25NO. The van der Waals surface area contributed by atoms with Crippen LogP contribution in [0.4, 0.5) is 0 Å². The molecule has 14 heavy (non-hydrogen) atoms. The second-order valence-corrected chi connectivity index (χ2v) is 4.66. The molecule has 1 atom stereocenters. The lowest BCUT2D eigenvalue weighted by molar-refractivity contribution is -0.0538. The second-order valence-electron chi connectivity index (χ2n) is 4.66. The van der Waals surface area contributed by atoms with E-state index in [9.17, 15) is 0 Å². The number of nitrogens with one attached hydrogen (secondary N) is 1. The zero-order valence-electron chi connectivity index (χ0n) is 9.88. The fourth-order valence-corrected chi connectivity index (χ4v) is 1.69. The quantitative estimate of drug-likeness (QED) is 0.680. The van der Waals surface area contributed by atoms with E-state index < -0.39 is 0 Å². The van der Waals surface area contributed by atoms with Gasteiger partial charge in [0.2, 0.25) is 0 Å². The number of ether oxygens (including phenoxy) is 1. The average molecular weight is 199 g/mol. The minimum absolute atomic E-state index is 0.438. The van der Waals surface area contributed by atoms with Crippen LogP contribution in [-0.4, -0.2) is 24.8 Å². The smallest absolute Gasteiger partial charge is 0.0703 e. The van der Waals surface area contributed by atoms with Gasteiger partial charge in [-0.05, 0) is 25.7 Å². The Balaban J connectivity index is 2.15. The summed E-state index contributed by atoms with van der Waals surface area (Å²) in [7, 11) is 0. The van der Waals surface area contributed by atoms with Gasteiger partial charge in [0, 0.05) is 12.6 Å². The first-order chi connectivity index (χ1) is 6.72. The average Bonchev–Trinajstić information content (AvgIpc) is 2.06. The lowest BCUT2D eigenvalue weighted by Crippen LogP contribution is -2.37. The Labute approximate surface area is 88.4 Å². The third kappa shape index (κ3) is 4.43. The molecule has 0 heterocycles. The maximum atomic E-state index is 6.01. The Bertz CT molecular complexity index is 143. The molecule has 1 unspecified atom stereocenters. The van der Waals surface area contributed by atoms with Gasteiger partial charge in [0.15, 0.2) is 0 Å². The molecule has 0 radical (unpaired) electrons. The maximum Gasteiger partial charge on any atom is 0.0703 e. The summed E-state index contributed by atoms with van der Waals surface area (Å²) >= 11 is 0. The maximum absolute atomic E-state index is 6.01. The van der Waals surface area contributed by atoms with Crippen molar-refractivity contribution in [2.24, 2.45) is 0 Å². The minimum atomic E-state index is 0.438. The van der Waals surface area contributed by atoms with Gasteiger partial charge in [-0.25, -0.2) is 0 Å². The van der Waals surface area contributed by atoms with Crippen LogP contribution in [0.5, 0.6) is 0 Å². The van der Waals surface area contributed by atoms with E-state index >= 15 is 0 Å². The number of hydrogen-bond donors (Lipinski definition) is 1. The van der Waals surface area contributed by atoms with Crippen LogP contribution in [0.3, 0.4) is 0 Å². The molecule has 1 fully saturated rings. The zero-order chi connectivity index (χ0) is 10.4. The van der Waals surface area contributed by atoms with Crippen LogP contribution in [0, 0.1) is 0 Å². The van der Waals surface area contributed by atoms with Crippen LogP contribution in [0.15, 0.2) is 0 Å². The van der Waals surface area contributed by atoms with Crippen LogP contribution < -0.4 is 5.32 Å². The molecule has 0 aromatic carbocycles. The van der Waals surface area contributed by atoms with Gasteiger partial charge in [-0.2, -0.15) is 0 Å². The summed E-state index contributed by atoms with van der Waals surface area (Å²) in [6.45, 7) is 7.62. The molecule has 2 nitrogen and oxygen atoms in total. The van der Waals surface area contributed by atoms with Crippen LogP contribution in [0.1, 0.15) is 52.9 Å². The van der Waals surface area contributed by atoms with Crippen molar-refractivity contribution >= 4 is 0 Å². The first-order valence-corrected chi connectivity index (χ1v) is 6.11. The van der Waals surface area contributed by atoms with E-state index in [0.717, 1.165) is 6.54 Å². The summed E-state index contributed by atoms with van der Waals surface area (Å²) in [5, 5.41) is 3.46. The Morgan fingerprint density at radius 2 is 2.07 bits per heavy atom. The molecule has 0 aromatic heterocycles. The van der Waals surface area contributed by atoms with Crippen LogP contribution in [0.2, 0.25) is 0 Å². The van der Waals surface area contributed by atoms with Gasteiger partial charge in [0.1, 0.15) is 0 Å². The summed E-state index contributed by atoms with van der Waals surface area (Å²) in [5.74, 6) is 0. The fraction of sp³-hybridized carbons (Fsp3) is 1.00. The van der Waals surface area contributed by atoms with Crippen molar-refractivity contribution < 1.29 is 4.74 Å². The van der Waals surface area contributed by atoms with Crippen molar-refractivity contribution in [3.8, 4) is 0 Å². The molecule has 0 amide bonds. The van der Waals surface area contributed by atoms with E-state index in [1.54, 1.807) is 0 Å². The van der Waals surface area contributed by atoms with E-state index in [4.69, 9.17) is 4.74 Å². The molecule has 1 rings (SSSR count). The Kier molecular flexibility index (Phi) is 5.49. The zero-order valence-corrected chi connectivity index (χ0v) is 9.88. The molecule has 1 saturated carbocycles. The third-order valence-corrected chi connectivity index (χ3v) is 2.80. The van der Waals surface area contributed by atoms with E-state index in [2.05, 4.69) is 26.1 Å². The summed E-state index contributed by atoms with van der Waals surface area (Å²) in [4.78, 5) is 0. The fourth-order valence-electron chi connectivity index (χ4n) is 1.69. The van der Waals surface area contributed by atoms with E-state index in [1.165, 1.54) is 32.1 Å². The van der Waals surface area contributed by atoms with Crippen LogP contribution in [-0.2, 0) is 4.74 Å². The predicted octanol–water partition coefficient (Wildman–Crippen LogP) is 2.72. The first-order valence-electron chi connectivity index (χ1n) is 6.11. The van der Waals surface area contributed by atoms with Gasteiger partial charge in [0.25, 0.3) is 0 Å². The van der Waals surface area contributed by atoms with Crippen molar-refractivity contribution in [1.82, 2.24) is 5.32 Å². The Hall–Kier alpha value is -0.0800. The summed E-state index contributed by atoms with van der Waals surface area (Å²) in [6, 6.07) is 0.569. The highest BCUT2D eigenvalue weighted by molar-refractivity contribution is 4.73. The highest BCUT2D eigenvalue weighted by Gasteiger charge is 2.21. The molecule has 84 valence electrons. The van der Waals surface area contributed by atoms with Crippen molar-refractivity contribution in [3.05, 3.63) is 0 Å². The second kappa shape index (κ2) is 6.41. The van der Waals surface area contributed by atoms with Crippen LogP contribution in [0.25, 0.3) is 0 Å². The molecule has 2 heteroatoms. The van der Waals surface area contributed by atoms with Gasteiger partial charge in [0.05, 0.1) is 12.2 Å². The predicted molar refractivity (Wildman–Crippen MR) is 60.6 cm³/mol. The number of rotatable bonds is 7. The van der Waals surface area contributed by atoms with Gasteiger partial charge >= 0.3 is 0 Å². The molecule has 0 spiro atoms. The highest BCUT2D eigenvalue weighted by atomic mass is 16.5. The van der Waals surface area contributed by atoms with Crippen LogP contribution >= 0.6 is 0 Å². The largest absolute Gasteiger partial charge is 0.374 e. The Morgan fingerprint density at radius 3 is 2.50 bits per heavy atom. The Morgan fingerprint density at radius 1 is 1.36 bits per heavy atom. The lowest BCUT2D eigenvalue weighted by Gasteiger charge is -2.31. The standard InChI is InChI=1S/C12H25NO/c1-4-6-12(9-13-10(2)3)14-11-7-5-8-11/h10-13H,4-9H2,1-3H3. The molecule has 0 bridgehead atoms. The summed E-state index contributed by atoms with van der Waals surface area (Å²) in [6.07, 6.45) is 7.34. The van der Waals surface area contributed by atoms with Gasteiger partial charge < -0.3 is 10.1 Å². The molecule has 0 saturated heterocycles. The van der Waals surface area contributed by atoms with Crippen molar-refractivity contribution in [3.63, 3.8) is 0 Å². The highest BCUT2D eigenvalue weighted by Crippen LogP contribution is 2.24. The molecule has 0 aromatic rings. The molecular weight excluding hydrogens is 174 g/mol. The third-order valence-electron chi connectivity index (χ3n) is 2.80. The monoisotopic (exact) mass is 199 g/mol. The van der Waals surface area contributed by atoms with Crippen molar-refractivity contribution in [2.75, 3.05) is 6.54 Å². The first kappa shape index (κ1) is 12.0. The molecule has 0 aliphatic heterocycles. The van der Waals surface area contributed by atoms with E-state index in [0.29, 0.717) is 18.2 Å². The van der Waals surface area contributed by atoms with E-state index in [-0.39, 0.29) is 0 Å². The molecule has 1 aliphatic rings. The topological polar surface area (TPSA) is 21.3 Å². The van der Waals surface area contributed by atoms with Crippen molar-refractivity contribution in [1.29, 1.82) is 0 Å². The van der Waals surface area contributed by atoms with Gasteiger partial charge in [-0.1, -0.05) is 27.2 Å².